The Balaban J connectivity index is 2.91. The van der Waals surface area contributed by atoms with Gasteiger partial charge in [0, 0.05) is 4.47 Å². The van der Waals surface area contributed by atoms with Gasteiger partial charge in [0.1, 0.15) is 10.5 Å². The summed E-state index contributed by atoms with van der Waals surface area (Å²) in [7, 11) is -4.06. The minimum Gasteiger partial charge on any atom is -0.442 e. The predicted octanol–water partition coefficient (Wildman–Crippen LogP) is 2.68. The molecular formula is C11H13BrNO4S. The Bertz CT molecular complexity index is 548. The van der Waals surface area contributed by atoms with E-state index in [1.807, 2.05) is 0 Å². The van der Waals surface area contributed by atoms with E-state index in [1.165, 1.54) is 6.07 Å². The molecule has 0 aliphatic rings. The Labute approximate surface area is 115 Å². The number of benzene rings is 1. The monoisotopic (exact) mass is 334 g/mol. The van der Waals surface area contributed by atoms with Crippen molar-refractivity contribution in [1.29, 1.82) is 0 Å². The summed E-state index contributed by atoms with van der Waals surface area (Å²) in [6, 6.07) is 6.11. The molecule has 99 valence electrons. The van der Waals surface area contributed by atoms with Gasteiger partial charge in [-0.1, -0.05) is 16.9 Å². The van der Waals surface area contributed by atoms with Gasteiger partial charge in [0.05, 0.1) is 0 Å². The first kappa shape index (κ1) is 15.0. The second kappa shape index (κ2) is 5.27. The molecule has 0 unspecified atom stereocenters. The number of halogens is 1. The van der Waals surface area contributed by atoms with Gasteiger partial charge in [0.25, 0.3) is 10.0 Å². The minimum absolute atomic E-state index is 0.0733. The zero-order chi connectivity index (χ0) is 14.0. The number of ether oxygens (including phenoxy) is 1. The van der Waals surface area contributed by atoms with Crippen LogP contribution in [-0.2, 0) is 14.8 Å². The van der Waals surface area contributed by atoms with Crippen LogP contribution in [-0.4, -0.2) is 20.1 Å². The largest absolute Gasteiger partial charge is 0.445 e. The summed E-state index contributed by atoms with van der Waals surface area (Å²) in [5, 5.41) is 0. The summed E-state index contributed by atoms with van der Waals surface area (Å²) in [5.74, 6) is 0. The topological polar surface area (TPSA) is 74.5 Å². The van der Waals surface area contributed by atoms with Crippen LogP contribution < -0.4 is 4.72 Å². The van der Waals surface area contributed by atoms with E-state index in [0.29, 0.717) is 4.47 Å². The highest BCUT2D eigenvalue weighted by Gasteiger charge is 2.26. The summed E-state index contributed by atoms with van der Waals surface area (Å²) < 4.78 is 32.0. The van der Waals surface area contributed by atoms with Gasteiger partial charge in [-0.2, -0.15) is 8.42 Å². The second-order valence-corrected chi connectivity index (χ2v) is 6.90. The Morgan fingerprint density at radius 3 is 2.33 bits per heavy atom. The number of rotatable bonds is 2. The standard InChI is InChI=1S/C11H13BrNO4S/c1-11(2,3)17-10(14)13-18(15,16)9-7-5-4-6-8(9)12/h4-7H,1-3H3. The van der Waals surface area contributed by atoms with Crippen molar-refractivity contribution in [2.75, 3.05) is 0 Å². The molecule has 0 atom stereocenters. The Morgan fingerprint density at radius 2 is 1.83 bits per heavy atom. The van der Waals surface area contributed by atoms with Gasteiger partial charge in [-0.25, -0.2) is 4.79 Å². The maximum absolute atomic E-state index is 11.9. The van der Waals surface area contributed by atoms with Gasteiger partial charge in [-0.05, 0) is 48.8 Å². The van der Waals surface area contributed by atoms with E-state index in [1.54, 1.807) is 39.0 Å². The lowest BCUT2D eigenvalue weighted by Crippen LogP contribution is -2.31. The van der Waals surface area contributed by atoms with E-state index >= 15 is 0 Å². The molecule has 7 heteroatoms. The molecule has 0 fully saturated rings. The molecule has 18 heavy (non-hydrogen) atoms. The number of nitrogens with zero attached hydrogens (tertiary/aromatic N) is 1. The summed E-state index contributed by atoms with van der Waals surface area (Å²) in [6.07, 6.45) is -1.13. The zero-order valence-electron chi connectivity index (χ0n) is 10.2. The average Bonchev–Trinajstić information content (AvgIpc) is 2.13. The van der Waals surface area contributed by atoms with Crippen molar-refractivity contribution in [1.82, 2.24) is 4.72 Å². The van der Waals surface area contributed by atoms with Crippen LogP contribution >= 0.6 is 15.9 Å². The van der Waals surface area contributed by atoms with E-state index in [2.05, 4.69) is 20.7 Å². The van der Waals surface area contributed by atoms with Crippen LogP contribution in [0.5, 0.6) is 0 Å². The summed E-state index contributed by atoms with van der Waals surface area (Å²) in [5.41, 5.74) is -0.788. The predicted molar refractivity (Wildman–Crippen MR) is 69.7 cm³/mol. The van der Waals surface area contributed by atoms with Crippen molar-refractivity contribution >= 4 is 32.0 Å². The van der Waals surface area contributed by atoms with Gasteiger partial charge >= 0.3 is 6.09 Å². The number of hydrogen-bond donors (Lipinski definition) is 0. The molecule has 0 heterocycles. The number of hydrogen-bond acceptors (Lipinski definition) is 4. The van der Waals surface area contributed by atoms with E-state index in [-0.39, 0.29) is 4.90 Å². The van der Waals surface area contributed by atoms with Gasteiger partial charge < -0.3 is 4.74 Å². The summed E-state index contributed by atoms with van der Waals surface area (Å²) in [6.45, 7) is 4.89. The lowest BCUT2D eigenvalue weighted by molar-refractivity contribution is 0.0565. The van der Waals surface area contributed by atoms with Crippen molar-refractivity contribution < 1.29 is 17.9 Å². The maximum Gasteiger partial charge on any atom is 0.445 e. The molecule has 1 aromatic carbocycles. The fourth-order valence-electron chi connectivity index (χ4n) is 1.08. The van der Waals surface area contributed by atoms with Crippen molar-refractivity contribution in [3.05, 3.63) is 28.7 Å². The molecule has 0 spiro atoms. The van der Waals surface area contributed by atoms with E-state index in [4.69, 9.17) is 4.74 Å². The molecule has 0 bridgehead atoms. The molecule has 1 aromatic rings. The first-order valence-electron chi connectivity index (χ1n) is 5.07. The second-order valence-electron chi connectivity index (χ2n) is 4.48. The molecule has 1 radical (unpaired) electrons. The highest BCUT2D eigenvalue weighted by Crippen LogP contribution is 2.21. The van der Waals surface area contributed by atoms with E-state index < -0.39 is 21.7 Å². The number of carbonyl (C=O) groups excluding carboxylic acids is 1. The highest BCUT2D eigenvalue weighted by molar-refractivity contribution is 9.10. The lowest BCUT2D eigenvalue weighted by atomic mass is 10.2. The van der Waals surface area contributed by atoms with Gasteiger partial charge in [0.2, 0.25) is 0 Å². The number of carbonyl (C=O) groups is 1. The molecule has 5 nitrogen and oxygen atoms in total. The zero-order valence-corrected chi connectivity index (χ0v) is 12.6. The quantitative estimate of drug-likeness (QED) is 0.833. The molecule has 0 N–H and O–H groups in total. The van der Waals surface area contributed by atoms with E-state index in [9.17, 15) is 13.2 Å². The van der Waals surface area contributed by atoms with Crippen LogP contribution in [0.1, 0.15) is 20.8 Å². The van der Waals surface area contributed by atoms with Crippen molar-refractivity contribution in [2.24, 2.45) is 0 Å². The summed E-state index contributed by atoms with van der Waals surface area (Å²) in [4.78, 5) is 11.3. The van der Waals surface area contributed by atoms with Crippen LogP contribution in [0.4, 0.5) is 4.79 Å². The molecule has 0 saturated carbocycles. The third kappa shape index (κ3) is 4.30. The third-order valence-electron chi connectivity index (χ3n) is 1.70. The number of sulfonamides is 1. The van der Waals surface area contributed by atoms with Gasteiger partial charge in [0.15, 0.2) is 0 Å². The molecule has 1 rings (SSSR count). The Hall–Kier alpha value is -1.08. The van der Waals surface area contributed by atoms with Crippen LogP contribution in [0.3, 0.4) is 0 Å². The fourth-order valence-corrected chi connectivity index (χ4v) is 2.88. The van der Waals surface area contributed by atoms with Crippen molar-refractivity contribution in [3.63, 3.8) is 0 Å². The van der Waals surface area contributed by atoms with Crippen molar-refractivity contribution in [2.45, 2.75) is 31.3 Å². The number of amides is 1. The van der Waals surface area contributed by atoms with Gasteiger partial charge in [-0.15, -0.1) is 0 Å². The third-order valence-corrected chi connectivity index (χ3v) is 3.96. The molecular weight excluding hydrogens is 322 g/mol. The molecule has 1 amide bonds. The minimum atomic E-state index is -4.06. The van der Waals surface area contributed by atoms with E-state index in [0.717, 1.165) is 0 Å². The Kier molecular flexibility index (Phi) is 4.39. The first-order valence-corrected chi connectivity index (χ1v) is 7.31. The molecule has 0 aliphatic heterocycles. The van der Waals surface area contributed by atoms with Crippen LogP contribution in [0.25, 0.3) is 0 Å². The van der Waals surface area contributed by atoms with Crippen molar-refractivity contribution in [3.8, 4) is 0 Å². The Morgan fingerprint density at radius 1 is 1.28 bits per heavy atom. The SMILES string of the molecule is CC(C)(C)OC(=O)[N]S(=O)(=O)c1ccccc1Br. The first-order chi connectivity index (χ1) is 8.12. The normalized spacial score (nSPS) is 12.0. The maximum atomic E-state index is 11.9. The molecule has 0 saturated heterocycles. The smallest absolute Gasteiger partial charge is 0.442 e. The molecule has 0 aliphatic carbocycles. The van der Waals surface area contributed by atoms with Crippen LogP contribution in [0.15, 0.2) is 33.6 Å². The lowest BCUT2D eigenvalue weighted by Gasteiger charge is -2.18. The summed E-state index contributed by atoms with van der Waals surface area (Å²) >= 11 is 3.09. The van der Waals surface area contributed by atoms with Gasteiger partial charge in [-0.3, -0.25) is 0 Å². The van der Waals surface area contributed by atoms with Crippen LogP contribution in [0, 0.1) is 0 Å². The average molecular weight is 335 g/mol. The molecule has 0 aromatic heterocycles. The van der Waals surface area contributed by atoms with Crippen LogP contribution in [0.2, 0.25) is 0 Å². The highest BCUT2D eigenvalue weighted by atomic mass is 79.9. The fraction of sp³-hybridized carbons (Fsp3) is 0.364.